The molecular weight excluding hydrogens is 376 g/mol. The highest BCUT2D eigenvalue weighted by atomic mass is 16.5. The zero-order valence-electron chi connectivity index (χ0n) is 17.8. The summed E-state index contributed by atoms with van der Waals surface area (Å²) in [7, 11) is 0. The second-order valence-electron chi connectivity index (χ2n) is 7.47. The summed E-state index contributed by atoms with van der Waals surface area (Å²) in [6.45, 7) is 10.0. The molecule has 0 saturated heterocycles. The van der Waals surface area contributed by atoms with Crippen molar-refractivity contribution in [1.82, 2.24) is 20.2 Å². The molecule has 0 aliphatic carbocycles. The van der Waals surface area contributed by atoms with Crippen molar-refractivity contribution in [2.24, 2.45) is 0 Å². The number of nitrogens with zero attached hydrogens (tertiary/aromatic N) is 3. The summed E-state index contributed by atoms with van der Waals surface area (Å²) in [6.07, 6.45) is 1.68. The van der Waals surface area contributed by atoms with Crippen molar-refractivity contribution in [3.63, 3.8) is 0 Å². The summed E-state index contributed by atoms with van der Waals surface area (Å²) in [6, 6.07) is 13.7. The van der Waals surface area contributed by atoms with Gasteiger partial charge in [-0.05, 0) is 70.0 Å². The average molecular weight is 400 g/mol. The van der Waals surface area contributed by atoms with Gasteiger partial charge in [-0.1, -0.05) is 12.1 Å². The van der Waals surface area contributed by atoms with Gasteiger partial charge in [-0.2, -0.15) is 10.1 Å². The van der Waals surface area contributed by atoms with Crippen molar-refractivity contribution in [3.8, 4) is 34.6 Å². The van der Waals surface area contributed by atoms with Crippen molar-refractivity contribution < 1.29 is 9.47 Å². The smallest absolute Gasteiger partial charge is 0.227 e. The van der Waals surface area contributed by atoms with Gasteiger partial charge in [0.2, 0.25) is 17.6 Å². The van der Waals surface area contributed by atoms with E-state index in [1.807, 2.05) is 58.0 Å². The third-order valence-corrected chi connectivity index (χ3v) is 4.86. The molecule has 0 spiro atoms. The molecule has 0 amide bonds. The number of hydrogen-bond donors (Lipinski definition) is 1. The van der Waals surface area contributed by atoms with Gasteiger partial charge in [0.25, 0.3) is 0 Å². The number of H-pyrrole nitrogens is 1. The summed E-state index contributed by atoms with van der Waals surface area (Å²) in [5.74, 6) is 2.20. The number of rotatable bonds is 5. The maximum Gasteiger partial charge on any atom is 0.227 e. The van der Waals surface area contributed by atoms with Gasteiger partial charge < -0.3 is 9.47 Å². The maximum absolute atomic E-state index is 6.25. The molecule has 0 fully saturated rings. The molecule has 1 aromatic carbocycles. The van der Waals surface area contributed by atoms with Crippen LogP contribution in [0.3, 0.4) is 0 Å². The molecule has 0 bridgehead atoms. The minimum absolute atomic E-state index is 0.474. The van der Waals surface area contributed by atoms with Crippen molar-refractivity contribution in [2.45, 2.75) is 34.6 Å². The van der Waals surface area contributed by atoms with Gasteiger partial charge in [-0.25, -0.2) is 4.98 Å². The Hall–Kier alpha value is -3.67. The molecule has 0 aliphatic heterocycles. The zero-order valence-corrected chi connectivity index (χ0v) is 17.8. The molecule has 0 aliphatic rings. The zero-order chi connectivity index (χ0) is 21.3. The van der Waals surface area contributed by atoms with Crippen LogP contribution in [0.25, 0.3) is 11.3 Å². The van der Waals surface area contributed by atoms with Crippen LogP contribution in [0.2, 0.25) is 0 Å². The highest BCUT2D eigenvalue weighted by Crippen LogP contribution is 2.35. The largest absolute Gasteiger partial charge is 0.438 e. The van der Waals surface area contributed by atoms with Crippen LogP contribution in [0, 0.1) is 34.6 Å². The number of aromatic amines is 1. The molecular formula is C24H24N4O2. The van der Waals surface area contributed by atoms with Crippen molar-refractivity contribution in [1.29, 1.82) is 0 Å². The highest BCUT2D eigenvalue weighted by Gasteiger charge is 2.15. The highest BCUT2D eigenvalue weighted by molar-refractivity contribution is 5.67. The molecule has 0 atom stereocenters. The van der Waals surface area contributed by atoms with Gasteiger partial charge in [-0.15, -0.1) is 0 Å². The predicted molar refractivity (Wildman–Crippen MR) is 116 cm³/mol. The Labute approximate surface area is 175 Å². The number of pyridine rings is 2. The van der Waals surface area contributed by atoms with Crippen LogP contribution >= 0.6 is 0 Å². The molecule has 3 aromatic heterocycles. The number of hydrogen-bond acceptors (Lipinski definition) is 5. The average Bonchev–Trinajstić information content (AvgIpc) is 3.14. The standard InChI is InChI=1S/C24H24N4O2/c1-14-10-15(2)21(13-19(14)20-12-18(5)27-28-20)29-23-16(3)11-17(4)24(26-23)30-22-8-6-7-9-25-22/h6-13H,1-5H3,(H,27,28). The predicted octanol–water partition coefficient (Wildman–Crippen LogP) is 5.99. The van der Waals surface area contributed by atoms with Crippen LogP contribution < -0.4 is 9.47 Å². The van der Waals surface area contributed by atoms with Crippen LogP contribution in [0.5, 0.6) is 23.4 Å². The Morgan fingerprint density at radius 2 is 1.50 bits per heavy atom. The molecule has 4 aromatic rings. The lowest BCUT2D eigenvalue weighted by molar-refractivity contribution is 0.411. The number of aryl methyl sites for hydroxylation is 5. The third kappa shape index (κ3) is 4.03. The molecule has 0 unspecified atom stereocenters. The normalized spacial score (nSPS) is 10.8. The summed E-state index contributed by atoms with van der Waals surface area (Å²) >= 11 is 0. The minimum Gasteiger partial charge on any atom is -0.438 e. The summed E-state index contributed by atoms with van der Waals surface area (Å²) in [5.41, 5.74) is 6.94. The van der Waals surface area contributed by atoms with Gasteiger partial charge >= 0.3 is 0 Å². The SMILES string of the molecule is Cc1cc(-c2cc(Oc3nc(Oc4ccccn4)c(C)cc3C)c(C)cc2C)n[nH]1. The molecule has 0 saturated carbocycles. The molecule has 4 rings (SSSR count). The van der Waals surface area contributed by atoms with Crippen molar-refractivity contribution in [3.05, 3.63) is 76.6 Å². The Morgan fingerprint density at radius 1 is 0.767 bits per heavy atom. The number of benzene rings is 1. The van der Waals surface area contributed by atoms with Crippen molar-refractivity contribution in [2.75, 3.05) is 0 Å². The lowest BCUT2D eigenvalue weighted by Crippen LogP contribution is -1.99. The molecule has 3 heterocycles. The van der Waals surface area contributed by atoms with Gasteiger partial charge in [-0.3, -0.25) is 5.10 Å². The van der Waals surface area contributed by atoms with E-state index in [4.69, 9.17) is 9.47 Å². The first-order valence-corrected chi connectivity index (χ1v) is 9.79. The lowest BCUT2D eigenvalue weighted by Gasteiger charge is -2.15. The van der Waals surface area contributed by atoms with E-state index < -0.39 is 0 Å². The fourth-order valence-electron chi connectivity index (χ4n) is 3.31. The monoisotopic (exact) mass is 400 g/mol. The molecule has 0 radical (unpaired) electrons. The van der Waals surface area contributed by atoms with Crippen LogP contribution in [-0.4, -0.2) is 20.2 Å². The van der Waals surface area contributed by atoms with Crippen LogP contribution in [0.4, 0.5) is 0 Å². The van der Waals surface area contributed by atoms with E-state index >= 15 is 0 Å². The third-order valence-electron chi connectivity index (χ3n) is 4.86. The quantitative estimate of drug-likeness (QED) is 0.445. The van der Waals surface area contributed by atoms with Gasteiger partial charge in [0.15, 0.2) is 0 Å². The van der Waals surface area contributed by atoms with Crippen LogP contribution in [-0.2, 0) is 0 Å². The first kappa shape index (κ1) is 19.6. The van der Waals surface area contributed by atoms with E-state index in [-0.39, 0.29) is 0 Å². The molecule has 30 heavy (non-hydrogen) atoms. The lowest BCUT2D eigenvalue weighted by atomic mass is 10.0. The number of nitrogens with one attached hydrogen (secondary N) is 1. The molecule has 6 heteroatoms. The Kier molecular flexibility index (Phi) is 5.23. The Balaban J connectivity index is 1.69. The molecule has 6 nitrogen and oxygen atoms in total. The van der Waals surface area contributed by atoms with E-state index in [1.165, 1.54) is 0 Å². The van der Waals surface area contributed by atoms with E-state index in [9.17, 15) is 0 Å². The summed E-state index contributed by atoms with van der Waals surface area (Å²) < 4.78 is 12.1. The van der Waals surface area contributed by atoms with E-state index in [0.717, 1.165) is 45.0 Å². The minimum atomic E-state index is 0.474. The fraction of sp³-hybridized carbons (Fsp3) is 0.208. The summed E-state index contributed by atoms with van der Waals surface area (Å²) in [5, 5.41) is 7.39. The Bertz CT molecular complexity index is 1200. The van der Waals surface area contributed by atoms with Crippen LogP contribution in [0.15, 0.2) is 48.7 Å². The maximum atomic E-state index is 6.25. The first-order valence-electron chi connectivity index (χ1n) is 9.79. The fourth-order valence-corrected chi connectivity index (χ4v) is 3.31. The first-order chi connectivity index (χ1) is 14.4. The summed E-state index contributed by atoms with van der Waals surface area (Å²) in [4.78, 5) is 8.84. The van der Waals surface area contributed by atoms with E-state index in [0.29, 0.717) is 17.6 Å². The van der Waals surface area contributed by atoms with E-state index in [1.54, 1.807) is 12.3 Å². The van der Waals surface area contributed by atoms with E-state index in [2.05, 4.69) is 33.2 Å². The number of ether oxygens (including phenoxy) is 2. The van der Waals surface area contributed by atoms with Gasteiger partial charge in [0, 0.05) is 34.6 Å². The van der Waals surface area contributed by atoms with Gasteiger partial charge in [0.1, 0.15) is 5.75 Å². The topological polar surface area (TPSA) is 72.9 Å². The molecule has 1 N–H and O–H groups in total. The number of aromatic nitrogens is 4. The second kappa shape index (κ2) is 7.99. The van der Waals surface area contributed by atoms with Gasteiger partial charge in [0.05, 0.1) is 5.69 Å². The second-order valence-corrected chi connectivity index (χ2v) is 7.47. The van der Waals surface area contributed by atoms with Crippen molar-refractivity contribution >= 4 is 0 Å². The molecule has 152 valence electrons. The Morgan fingerprint density at radius 3 is 2.17 bits per heavy atom. The van der Waals surface area contributed by atoms with Crippen LogP contribution in [0.1, 0.15) is 27.9 Å².